The quantitative estimate of drug-likeness (QED) is 0.543. The van der Waals surface area contributed by atoms with Crippen LogP contribution >= 0.6 is 0 Å². The zero-order valence-electron chi connectivity index (χ0n) is 18.3. The standard InChI is InChI=1S/C26H26N4O3/c1-2-23(31)29-13-18-5-3-6-20(19(18)14-29)28-24(32)17-8-7-16-11-22-25(33)27-15-26(9-4-10-26)30(22)21(16)12-17/h2-3,5-8,11-12,25,27,33H,1,4,9-10,13-15H2,(H,28,32). The summed E-state index contributed by atoms with van der Waals surface area (Å²) in [5, 5.41) is 17.8. The summed E-state index contributed by atoms with van der Waals surface area (Å²) in [6.07, 6.45) is 3.92. The van der Waals surface area contributed by atoms with Crippen LogP contribution in [-0.4, -0.2) is 32.9 Å². The number of carbonyl (C=O) groups is 2. The Bertz CT molecular complexity index is 1320. The Balaban J connectivity index is 1.33. The number of rotatable bonds is 3. The number of fused-ring (bicyclic) bond motifs is 5. The second kappa shape index (κ2) is 7.30. The number of aliphatic hydroxyl groups is 1. The molecule has 1 saturated carbocycles. The van der Waals surface area contributed by atoms with Gasteiger partial charge in [-0.25, -0.2) is 0 Å². The zero-order valence-corrected chi connectivity index (χ0v) is 18.3. The van der Waals surface area contributed by atoms with Crippen molar-refractivity contribution < 1.29 is 14.7 Å². The summed E-state index contributed by atoms with van der Waals surface area (Å²) in [5.74, 6) is -0.306. The smallest absolute Gasteiger partial charge is 0.255 e. The van der Waals surface area contributed by atoms with Gasteiger partial charge in [0.05, 0.1) is 11.2 Å². The second-order valence-corrected chi connectivity index (χ2v) is 9.34. The predicted octanol–water partition coefficient (Wildman–Crippen LogP) is 3.40. The van der Waals surface area contributed by atoms with E-state index in [0.29, 0.717) is 18.7 Å². The summed E-state index contributed by atoms with van der Waals surface area (Å²) in [7, 11) is 0. The van der Waals surface area contributed by atoms with Gasteiger partial charge in [0.25, 0.3) is 5.91 Å². The molecule has 0 saturated heterocycles. The van der Waals surface area contributed by atoms with Crippen molar-refractivity contribution in [2.75, 3.05) is 11.9 Å². The monoisotopic (exact) mass is 442 g/mol. The van der Waals surface area contributed by atoms with Crippen molar-refractivity contribution in [2.24, 2.45) is 0 Å². The number of anilines is 1. The molecule has 1 aromatic heterocycles. The van der Waals surface area contributed by atoms with Crippen LogP contribution in [0.5, 0.6) is 0 Å². The van der Waals surface area contributed by atoms with Gasteiger partial charge in [-0.2, -0.15) is 0 Å². The van der Waals surface area contributed by atoms with Crippen molar-refractivity contribution in [3.8, 4) is 0 Å². The highest BCUT2D eigenvalue weighted by Crippen LogP contribution is 2.46. The van der Waals surface area contributed by atoms with Crippen LogP contribution < -0.4 is 10.6 Å². The zero-order chi connectivity index (χ0) is 22.7. The Morgan fingerprint density at radius 2 is 2.03 bits per heavy atom. The number of benzene rings is 2. The van der Waals surface area contributed by atoms with E-state index < -0.39 is 6.23 Å². The Hall–Kier alpha value is -3.42. The number of hydrogen-bond acceptors (Lipinski definition) is 4. The molecule has 1 spiro atoms. The van der Waals surface area contributed by atoms with Crippen molar-refractivity contribution in [1.29, 1.82) is 0 Å². The molecule has 168 valence electrons. The molecule has 3 aromatic rings. The van der Waals surface area contributed by atoms with Crippen LogP contribution in [0.25, 0.3) is 10.9 Å². The van der Waals surface area contributed by atoms with Crippen LogP contribution in [0, 0.1) is 0 Å². The van der Waals surface area contributed by atoms with Gasteiger partial charge in [-0.15, -0.1) is 0 Å². The molecule has 1 atom stereocenters. The van der Waals surface area contributed by atoms with Gasteiger partial charge < -0.3 is 19.9 Å². The number of aliphatic hydroxyl groups excluding tert-OH is 1. The molecule has 1 aliphatic carbocycles. The fourth-order valence-electron chi connectivity index (χ4n) is 5.57. The topological polar surface area (TPSA) is 86.6 Å². The minimum absolute atomic E-state index is 0.0210. The van der Waals surface area contributed by atoms with Crippen LogP contribution in [-0.2, 0) is 23.4 Å². The maximum Gasteiger partial charge on any atom is 0.255 e. The normalized spacial score (nSPS) is 20.3. The van der Waals surface area contributed by atoms with Crippen LogP contribution in [0.1, 0.15) is 52.7 Å². The molecule has 1 unspecified atom stereocenters. The van der Waals surface area contributed by atoms with E-state index in [0.717, 1.165) is 52.8 Å². The van der Waals surface area contributed by atoms with Crippen LogP contribution in [0.4, 0.5) is 5.69 Å². The molecule has 2 aromatic carbocycles. The first-order valence-electron chi connectivity index (χ1n) is 11.4. The molecule has 7 heteroatoms. The Kier molecular flexibility index (Phi) is 4.47. The first-order chi connectivity index (χ1) is 16.0. The summed E-state index contributed by atoms with van der Waals surface area (Å²) in [6.45, 7) is 5.28. The van der Waals surface area contributed by atoms with Crippen molar-refractivity contribution in [2.45, 2.75) is 44.1 Å². The van der Waals surface area contributed by atoms with Crippen molar-refractivity contribution >= 4 is 28.4 Å². The number of nitrogens with one attached hydrogen (secondary N) is 2. The van der Waals surface area contributed by atoms with E-state index in [-0.39, 0.29) is 17.4 Å². The SMILES string of the molecule is C=CC(=O)N1Cc2cccc(NC(=O)c3ccc4cc5n(c4c3)C3(CCC3)CNC5O)c2C1. The Morgan fingerprint density at radius 1 is 1.18 bits per heavy atom. The molecule has 0 radical (unpaired) electrons. The Labute approximate surface area is 191 Å². The average Bonchev–Trinajstić information content (AvgIpc) is 3.41. The molecule has 33 heavy (non-hydrogen) atoms. The van der Waals surface area contributed by atoms with Gasteiger partial charge in [0.15, 0.2) is 0 Å². The average molecular weight is 443 g/mol. The molecule has 7 nitrogen and oxygen atoms in total. The third-order valence-electron chi connectivity index (χ3n) is 7.48. The van der Waals surface area contributed by atoms with Crippen molar-refractivity contribution in [3.05, 3.63) is 77.5 Å². The van der Waals surface area contributed by atoms with E-state index in [4.69, 9.17) is 0 Å². The second-order valence-electron chi connectivity index (χ2n) is 9.34. The van der Waals surface area contributed by atoms with Crippen molar-refractivity contribution in [3.63, 3.8) is 0 Å². The van der Waals surface area contributed by atoms with Gasteiger partial charge in [0.2, 0.25) is 5.91 Å². The van der Waals surface area contributed by atoms with Gasteiger partial charge >= 0.3 is 0 Å². The van der Waals surface area contributed by atoms with E-state index in [9.17, 15) is 14.7 Å². The molecule has 1 fully saturated rings. The lowest BCUT2D eigenvalue weighted by Gasteiger charge is -2.49. The van der Waals surface area contributed by atoms with E-state index in [2.05, 4.69) is 21.8 Å². The highest BCUT2D eigenvalue weighted by Gasteiger charge is 2.44. The first-order valence-corrected chi connectivity index (χ1v) is 11.4. The number of nitrogens with zero attached hydrogens (tertiary/aromatic N) is 2. The number of hydrogen-bond donors (Lipinski definition) is 3. The van der Waals surface area contributed by atoms with Crippen LogP contribution in [0.2, 0.25) is 0 Å². The summed E-state index contributed by atoms with van der Waals surface area (Å²) in [4.78, 5) is 27.0. The summed E-state index contributed by atoms with van der Waals surface area (Å²) in [5.41, 5.74) is 5.12. The number of amides is 2. The molecule has 6 rings (SSSR count). The molecule has 2 amide bonds. The lowest BCUT2D eigenvalue weighted by atomic mass is 9.75. The van der Waals surface area contributed by atoms with Gasteiger partial charge in [0, 0.05) is 47.4 Å². The minimum Gasteiger partial charge on any atom is -0.373 e. The number of carbonyl (C=O) groups excluding carboxylic acids is 2. The van der Waals surface area contributed by atoms with Crippen LogP contribution in [0.15, 0.2) is 55.1 Å². The summed E-state index contributed by atoms with van der Waals surface area (Å²) in [6, 6.07) is 13.5. The molecule has 2 aliphatic heterocycles. The maximum atomic E-state index is 13.2. The van der Waals surface area contributed by atoms with E-state index >= 15 is 0 Å². The Morgan fingerprint density at radius 3 is 2.79 bits per heavy atom. The largest absolute Gasteiger partial charge is 0.373 e. The molecule has 3 heterocycles. The fourth-order valence-corrected chi connectivity index (χ4v) is 5.57. The van der Waals surface area contributed by atoms with Gasteiger partial charge in [-0.3, -0.25) is 14.9 Å². The van der Waals surface area contributed by atoms with Gasteiger partial charge in [0.1, 0.15) is 6.23 Å². The summed E-state index contributed by atoms with van der Waals surface area (Å²) >= 11 is 0. The fraction of sp³-hybridized carbons (Fsp3) is 0.308. The highest BCUT2D eigenvalue weighted by molar-refractivity contribution is 6.06. The summed E-state index contributed by atoms with van der Waals surface area (Å²) < 4.78 is 2.25. The van der Waals surface area contributed by atoms with Gasteiger partial charge in [-0.1, -0.05) is 24.8 Å². The molecule has 0 bridgehead atoms. The minimum atomic E-state index is -0.700. The van der Waals surface area contributed by atoms with Crippen LogP contribution in [0.3, 0.4) is 0 Å². The van der Waals surface area contributed by atoms with Crippen molar-refractivity contribution in [1.82, 2.24) is 14.8 Å². The lowest BCUT2D eigenvalue weighted by molar-refractivity contribution is -0.126. The van der Waals surface area contributed by atoms with E-state index in [1.807, 2.05) is 42.5 Å². The first kappa shape index (κ1) is 20.2. The third kappa shape index (κ3) is 3.03. The lowest BCUT2D eigenvalue weighted by Crippen LogP contribution is -2.54. The van der Waals surface area contributed by atoms with E-state index in [1.165, 1.54) is 12.5 Å². The third-order valence-corrected chi connectivity index (χ3v) is 7.48. The number of aromatic nitrogens is 1. The molecular formula is C26H26N4O3. The van der Waals surface area contributed by atoms with E-state index in [1.54, 1.807) is 4.90 Å². The maximum absolute atomic E-state index is 13.2. The predicted molar refractivity (Wildman–Crippen MR) is 126 cm³/mol. The molecule has 3 aliphatic rings. The highest BCUT2D eigenvalue weighted by atomic mass is 16.3. The molecular weight excluding hydrogens is 416 g/mol. The van der Waals surface area contributed by atoms with Gasteiger partial charge in [-0.05, 0) is 55.2 Å². The molecule has 3 N–H and O–H groups in total.